The van der Waals surface area contributed by atoms with Crippen LogP contribution >= 0.6 is 0 Å². The van der Waals surface area contributed by atoms with Crippen LogP contribution in [-0.2, 0) is 11.2 Å². The first-order valence-electron chi connectivity index (χ1n) is 7.54. The molecule has 2 fully saturated rings. The van der Waals surface area contributed by atoms with E-state index in [9.17, 15) is 4.79 Å². The van der Waals surface area contributed by atoms with Gasteiger partial charge in [-0.25, -0.2) is 0 Å². The molecule has 1 saturated carbocycles. The summed E-state index contributed by atoms with van der Waals surface area (Å²) in [6.45, 7) is 0.967. The molecule has 3 nitrogen and oxygen atoms in total. The summed E-state index contributed by atoms with van der Waals surface area (Å²) in [5, 5.41) is 0. The Labute approximate surface area is 115 Å². The van der Waals surface area contributed by atoms with E-state index < -0.39 is 0 Å². The van der Waals surface area contributed by atoms with Gasteiger partial charge in [0.15, 0.2) is 0 Å². The van der Waals surface area contributed by atoms with Gasteiger partial charge in [0.2, 0.25) is 5.91 Å². The first-order chi connectivity index (χ1) is 9.34. The number of hydrogen-bond donors (Lipinski definition) is 0. The van der Waals surface area contributed by atoms with E-state index in [1.807, 2.05) is 12.3 Å². The minimum Gasteiger partial charge on any atom is -0.339 e. The van der Waals surface area contributed by atoms with Gasteiger partial charge in [-0.15, -0.1) is 0 Å². The molecule has 3 heteroatoms. The lowest BCUT2D eigenvalue weighted by Crippen LogP contribution is -2.39. The monoisotopic (exact) mass is 258 g/mol. The molecule has 0 N–H and O–H groups in total. The fourth-order valence-corrected chi connectivity index (χ4v) is 3.51. The van der Waals surface area contributed by atoms with E-state index >= 15 is 0 Å². The van der Waals surface area contributed by atoms with Crippen LogP contribution in [0.5, 0.6) is 0 Å². The molecule has 19 heavy (non-hydrogen) atoms. The number of hydrogen-bond acceptors (Lipinski definition) is 2. The number of pyridine rings is 1. The third-order valence-electron chi connectivity index (χ3n) is 4.57. The second-order valence-corrected chi connectivity index (χ2v) is 5.87. The van der Waals surface area contributed by atoms with E-state index in [0.29, 0.717) is 11.9 Å². The van der Waals surface area contributed by atoms with Gasteiger partial charge in [-0.3, -0.25) is 9.78 Å². The highest BCUT2D eigenvalue weighted by molar-refractivity contribution is 5.81. The molecule has 2 aliphatic rings. The Balaban J connectivity index is 1.62. The fourth-order valence-electron chi connectivity index (χ4n) is 3.51. The zero-order chi connectivity index (χ0) is 13.1. The van der Waals surface area contributed by atoms with Gasteiger partial charge >= 0.3 is 0 Å². The van der Waals surface area contributed by atoms with E-state index in [1.165, 1.54) is 37.7 Å². The second kappa shape index (κ2) is 5.72. The number of carbonyl (C=O) groups excluding carboxylic acids is 1. The van der Waals surface area contributed by atoms with Crippen molar-refractivity contribution in [1.82, 2.24) is 9.88 Å². The van der Waals surface area contributed by atoms with Crippen LogP contribution in [0.1, 0.15) is 44.1 Å². The summed E-state index contributed by atoms with van der Waals surface area (Å²) >= 11 is 0. The van der Waals surface area contributed by atoms with Crippen molar-refractivity contribution in [3.8, 4) is 0 Å². The predicted octanol–water partition coefficient (Wildman–Crippen LogP) is 2.81. The third kappa shape index (κ3) is 2.80. The maximum atomic E-state index is 12.5. The van der Waals surface area contributed by atoms with E-state index in [-0.39, 0.29) is 5.92 Å². The molecule has 1 atom stereocenters. The Kier molecular flexibility index (Phi) is 3.81. The lowest BCUT2D eigenvalue weighted by atomic mass is 9.94. The van der Waals surface area contributed by atoms with Gasteiger partial charge < -0.3 is 4.90 Å². The molecule has 102 valence electrons. The lowest BCUT2D eigenvalue weighted by molar-refractivity contribution is -0.133. The smallest absolute Gasteiger partial charge is 0.226 e. The second-order valence-electron chi connectivity index (χ2n) is 5.87. The summed E-state index contributed by atoms with van der Waals surface area (Å²) in [5.41, 5.74) is 1.19. The molecule has 0 aromatic carbocycles. The van der Waals surface area contributed by atoms with Crippen LogP contribution in [0.15, 0.2) is 24.5 Å². The summed E-state index contributed by atoms with van der Waals surface area (Å²) in [5.74, 6) is 0.571. The normalized spacial score (nSPS) is 24.9. The highest BCUT2D eigenvalue weighted by atomic mass is 16.2. The zero-order valence-corrected chi connectivity index (χ0v) is 11.4. The Morgan fingerprint density at radius 3 is 2.79 bits per heavy atom. The largest absolute Gasteiger partial charge is 0.339 e. The molecule has 2 heterocycles. The van der Waals surface area contributed by atoms with Crippen LogP contribution in [0.3, 0.4) is 0 Å². The highest BCUT2D eigenvalue weighted by Crippen LogP contribution is 2.30. The summed E-state index contributed by atoms with van der Waals surface area (Å²) in [7, 11) is 0. The quantitative estimate of drug-likeness (QED) is 0.835. The minimum atomic E-state index is 0.186. The van der Waals surface area contributed by atoms with Gasteiger partial charge in [-0.05, 0) is 37.3 Å². The topological polar surface area (TPSA) is 33.2 Å². The molecule has 1 aliphatic heterocycles. The van der Waals surface area contributed by atoms with Crippen molar-refractivity contribution in [2.45, 2.75) is 51.0 Å². The molecule has 1 unspecified atom stereocenters. The number of rotatable bonds is 3. The average Bonchev–Trinajstić information content (AvgIpc) is 2.82. The molecule has 3 rings (SSSR count). The Hall–Kier alpha value is -1.38. The maximum absolute atomic E-state index is 12.5. The summed E-state index contributed by atoms with van der Waals surface area (Å²) in [6, 6.07) is 4.55. The molecule has 0 bridgehead atoms. The molecule has 1 saturated heterocycles. The van der Waals surface area contributed by atoms with Gasteiger partial charge in [-0.1, -0.05) is 25.3 Å². The van der Waals surface area contributed by atoms with Crippen molar-refractivity contribution in [3.05, 3.63) is 30.1 Å². The summed E-state index contributed by atoms with van der Waals surface area (Å²) < 4.78 is 0. The summed E-state index contributed by atoms with van der Waals surface area (Å²) in [4.78, 5) is 18.8. The van der Waals surface area contributed by atoms with Crippen molar-refractivity contribution in [3.63, 3.8) is 0 Å². The Morgan fingerprint density at radius 1 is 1.21 bits per heavy atom. The lowest BCUT2D eigenvalue weighted by Gasteiger charge is -2.31. The van der Waals surface area contributed by atoms with Crippen molar-refractivity contribution in [1.29, 1.82) is 0 Å². The molecular weight excluding hydrogens is 236 g/mol. The Morgan fingerprint density at radius 2 is 2.05 bits per heavy atom. The average molecular weight is 258 g/mol. The van der Waals surface area contributed by atoms with E-state index in [2.05, 4.69) is 16.0 Å². The molecule has 1 aromatic heterocycles. The molecular formula is C16H22N2O. The van der Waals surface area contributed by atoms with Crippen LogP contribution in [0.25, 0.3) is 0 Å². The zero-order valence-electron chi connectivity index (χ0n) is 11.4. The highest BCUT2D eigenvalue weighted by Gasteiger charge is 2.35. The molecule has 1 amide bonds. The van der Waals surface area contributed by atoms with Crippen molar-refractivity contribution in [2.75, 3.05) is 6.54 Å². The van der Waals surface area contributed by atoms with Crippen molar-refractivity contribution < 1.29 is 4.79 Å². The fraction of sp³-hybridized carbons (Fsp3) is 0.625. The number of aromatic nitrogens is 1. The molecule has 1 aliphatic carbocycles. The first-order valence-corrected chi connectivity index (χ1v) is 7.54. The minimum absolute atomic E-state index is 0.186. The van der Waals surface area contributed by atoms with Crippen LogP contribution in [-0.4, -0.2) is 28.4 Å². The number of nitrogens with zero attached hydrogens (tertiary/aromatic N) is 2. The standard InChI is InChI=1S/C16H22N2O/c19-16-14(11-13-5-4-9-17-12-13)8-10-18(16)15-6-2-1-3-7-15/h4-5,9,12,14-15H,1-3,6-8,10-11H2. The molecule has 0 radical (unpaired) electrons. The van der Waals surface area contributed by atoms with Gasteiger partial charge in [0.1, 0.15) is 0 Å². The van der Waals surface area contributed by atoms with Crippen LogP contribution < -0.4 is 0 Å². The van der Waals surface area contributed by atoms with Crippen molar-refractivity contribution in [2.24, 2.45) is 5.92 Å². The van der Waals surface area contributed by atoms with Crippen LogP contribution in [0.4, 0.5) is 0 Å². The van der Waals surface area contributed by atoms with E-state index in [0.717, 1.165) is 19.4 Å². The number of carbonyl (C=O) groups is 1. The van der Waals surface area contributed by atoms with Gasteiger partial charge in [0.05, 0.1) is 0 Å². The predicted molar refractivity (Wildman–Crippen MR) is 74.6 cm³/mol. The van der Waals surface area contributed by atoms with Gasteiger partial charge in [0, 0.05) is 30.9 Å². The third-order valence-corrected chi connectivity index (χ3v) is 4.57. The van der Waals surface area contributed by atoms with Gasteiger partial charge in [0.25, 0.3) is 0 Å². The summed E-state index contributed by atoms with van der Waals surface area (Å²) in [6.07, 6.45) is 11.9. The number of amides is 1. The van der Waals surface area contributed by atoms with Crippen LogP contribution in [0, 0.1) is 5.92 Å². The molecule has 1 aromatic rings. The maximum Gasteiger partial charge on any atom is 0.226 e. The number of likely N-dealkylation sites (tertiary alicyclic amines) is 1. The van der Waals surface area contributed by atoms with Crippen LogP contribution in [0.2, 0.25) is 0 Å². The van der Waals surface area contributed by atoms with E-state index in [4.69, 9.17) is 0 Å². The van der Waals surface area contributed by atoms with Gasteiger partial charge in [-0.2, -0.15) is 0 Å². The first kappa shape index (κ1) is 12.6. The Bertz CT molecular complexity index is 426. The SMILES string of the molecule is O=C1C(Cc2cccnc2)CCN1C1CCCCC1. The van der Waals surface area contributed by atoms with Crippen molar-refractivity contribution >= 4 is 5.91 Å². The van der Waals surface area contributed by atoms with E-state index in [1.54, 1.807) is 6.20 Å². The molecule has 0 spiro atoms.